The largest absolute Gasteiger partial charge is 0.356 e. The molecule has 0 aliphatic heterocycles. The van der Waals surface area contributed by atoms with Crippen LogP contribution in [0, 0.1) is 13.8 Å². The maximum Gasteiger partial charge on any atom is 0.221 e. The Bertz CT molecular complexity index is 1140. The van der Waals surface area contributed by atoms with Gasteiger partial charge in [-0.05, 0) is 59.1 Å². The summed E-state index contributed by atoms with van der Waals surface area (Å²) in [4.78, 5) is 12.3. The summed E-state index contributed by atoms with van der Waals surface area (Å²) in [5.41, 5.74) is 1.99. The predicted octanol–water partition coefficient (Wildman–Crippen LogP) is 3.79. The molecule has 6 nitrogen and oxygen atoms in total. The van der Waals surface area contributed by atoms with E-state index in [1.54, 1.807) is 18.2 Å². The lowest BCUT2D eigenvalue weighted by Crippen LogP contribution is -2.27. The second kappa shape index (κ2) is 9.09. The number of hydrogen-bond donors (Lipinski definition) is 1. The third-order valence-corrected chi connectivity index (χ3v) is 7.70. The van der Waals surface area contributed by atoms with Crippen molar-refractivity contribution in [3.63, 3.8) is 0 Å². The summed E-state index contributed by atoms with van der Waals surface area (Å²) in [5.74, 6) is -0.467. The number of carbonyl (C=O) groups is 1. The fourth-order valence-electron chi connectivity index (χ4n) is 3.14. The molecule has 0 spiro atoms. The van der Waals surface area contributed by atoms with Crippen LogP contribution in [0.15, 0.2) is 51.8 Å². The molecule has 29 heavy (non-hydrogen) atoms. The van der Waals surface area contributed by atoms with Crippen LogP contribution < -0.4 is 5.32 Å². The Hall–Kier alpha value is -2.19. The topological polar surface area (TPSA) is 81.1 Å². The van der Waals surface area contributed by atoms with Crippen molar-refractivity contribution in [1.82, 2.24) is 15.1 Å². The highest BCUT2D eigenvalue weighted by Crippen LogP contribution is 2.21. The van der Waals surface area contributed by atoms with Crippen LogP contribution in [0.25, 0.3) is 10.8 Å². The number of aryl methyl sites for hydroxylation is 2. The molecular weight excluding hydrogens is 454 g/mol. The Morgan fingerprint density at radius 2 is 1.86 bits per heavy atom. The first-order valence-electron chi connectivity index (χ1n) is 9.46. The number of rotatable bonds is 8. The molecule has 8 heteroatoms. The SMILES string of the molecule is Cc1nn(CCCNC(=O)CCS(=O)(=O)c2ccc3ccccc3c2)c(C)c1Br. The zero-order chi connectivity index (χ0) is 21.0. The highest BCUT2D eigenvalue weighted by atomic mass is 79.9. The normalized spacial score (nSPS) is 11.7. The lowest BCUT2D eigenvalue weighted by atomic mass is 10.1. The van der Waals surface area contributed by atoms with Crippen LogP contribution in [0.1, 0.15) is 24.2 Å². The van der Waals surface area contributed by atoms with Gasteiger partial charge in [-0.15, -0.1) is 0 Å². The second-order valence-electron chi connectivity index (χ2n) is 6.99. The van der Waals surface area contributed by atoms with Gasteiger partial charge < -0.3 is 5.32 Å². The average Bonchev–Trinajstić information content (AvgIpc) is 2.96. The number of nitrogens with zero attached hydrogens (tertiary/aromatic N) is 2. The van der Waals surface area contributed by atoms with Crippen molar-refractivity contribution in [2.24, 2.45) is 0 Å². The number of hydrogen-bond acceptors (Lipinski definition) is 4. The number of aromatic nitrogens is 2. The number of halogens is 1. The van der Waals surface area contributed by atoms with Gasteiger partial charge >= 0.3 is 0 Å². The monoisotopic (exact) mass is 477 g/mol. The van der Waals surface area contributed by atoms with E-state index in [0.29, 0.717) is 13.1 Å². The molecule has 3 rings (SSSR count). The molecule has 0 fully saturated rings. The molecule has 0 aliphatic rings. The van der Waals surface area contributed by atoms with E-state index in [9.17, 15) is 13.2 Å². The molecule has 1 heterocycles. The Labute approximate surface area is 179 Å². The van der Waals surface area contributed by atoms with E-state index in [1.165, 1.54) is 0 Å². The molecular formula is C21H24BrN3O3S. The van der Waals surface area contributed by atoms with Crippen LogP contribution in [-0.2, 0) is 21.2 Å². The number of fused-ring (bicyclic) bond motifs is 1. The van der Waals surface area contributed by atoms with E-state index < -0.39 is 9.84 Å². The molecule has 3 aromatic rings. The number of carbonyl (C=O) groups excluding carboxylic acids is 1. The van der Waals surface area contributed by atoms with Gasteiger partial charge in [-0.2, -0.15) is 5.10 Å². The lowest BCUT2D eigenvalue weighted by molar-refractivity contribution is -0.120. The Balaban J connectivity index is 1.48. The maximum atomic E-state index is 12.6. The number of sulfone groups is 1. The van der Waals surface area contributed by atoms with Gasteiger partial charge in [0.2, 0.25) is 5.91 Å². The molecule has 2 aromatic carbocycles. The van der Waals surface area contributed by atoms with Crippen LogP contribution in [0.4, 0.5) is 0 Å². The minimum absolute atomic E-state index is 0.0549. The molecule has 0 atom stereocenters. The van der Waals surface area contributed by atoms with E-state index in [2.05, 4.69) is 26.3 Å². The first-order chi connectivity index (χ1) is 13.8. The van der Waals surface area contributed by atoms with Gasteiger partial charge in [-0.25, -0.2) is 8.42 Å². The number of benzene rings is 2. The van der Waals surface area contributed by atoms with E-state index in [1.807, 2.05) is 42.8 Å². The fourth-order valence-corrected chi connectivity index (χ4v) is 4.70. The third-order valence-electron chi connectivity index (χ3n) is 4.84. The lowest BCUT2D eigenvalue weighted by Gasteiger charge is -2.08. The smallest absolute Gasteiger partial charge is 0.221 e. The molecule has 1 aromatic heterocycles. The Morgan fingerprint density at radius 3 is 2.55 bits per heavy atom. The molecule has 1 amide bonds. The van der Waals surface area contributed by atoms with Crippen LogP contribution in [-0.4, -0.2) is 36.4 Å². The van der Waals surface area contributed by atoms with Crippen molar-refractivity contribution in [2.75, 3.05) is 12.3 Å². The number of amides is 1. The van der Waals surface area contributed by atoms with E-state index in [-0.39, 0.29) is 23.0 Å². The van der Waals surface area contributed by atoms with Crippen molar-refractivity contribution in [3.8, 4) is 0 Å². The summed E-state index contributed by atoms with van der Waals surface area (Å²) in [6.45, 7) is 5.09. The summed E-state index contributed by atoms with van der Waals surface area (Å²) in [6, 6.07) is 12.6. The predicted molar refractivity (Wildman–Crippen MR) is 118 cm³/mol. The highest BCUT2D eigenvalue weighted by Gasteiger charge is 2.17. The van der Waals surface area contributed by atoms with E-state index in [0.717, 1.165) is 33.1 Å². The van der Waals surface area contributed by atoms with E-state index in [4.69, 9.17) is 0 Å². The molecule has 1 N–H and O–H groups in total. The standard InChI is InChI=1S/C21H24BrN3O3S/c1-15-21(22)16(2)25(24-15)12-5-11-23-20(26)10-13-29(27,28)19-9-8-17-6-3-4-7-18(17)14-19/h3-4,6-9,14H,5,10-13H2,1-2H3,(H,23,26). The average molecular weight is 478 g/mol. The highest BCUT2D eigenvalue weighted by molar-refractivity contribution is 9.10. The zero-order valence-electron chi connectivity index (χ0n) is 16.5. The summed E-state index contributed by atoms with van der Waals surface area (Å²) in [5, 5.41) is 9.07. The van der Waals surface area contributed by atoms with E-state index >= 15 is 0 Å². The van der Waals surface area contributed by atoms with Crippen LogP contribution in [0.2, 0.25) is 0 Å². The van der Waals surface area contributed by atoms with Crippen molar-refractivity contribution < 1.29 is 13.2 Å². The molecule has 0 radical (unpaired) electrons. The molecule has 0 bridgehead atoms. The first-order valence-corrected chi connectivity index (χ1v) is 11.9. The van der Waals surface area contributed by atoms with Gasteiger partial charge in [0.05, 0.1) is 20.8 Å². The van der Waals surface area contributed by atoms with Gasteiger partial charge in [0.1, 0.15) is 0 Å². The zero-order valence-corrected chi connectivity index (χ0v) is 18.9. The maximum absolute atomic E-state index is 12.6. The van der Waals surface area contributed by atoms with Gasteiger partial charge in [0.15, 0.2) is 9.84 Å². The molecule has 0 aliphatic carbocycles. The van der Waals surface area contributed by atoms with Crippen LogP contribution in [0.3, 0.4) is 0 Å². The van der Waals surface area contributed by atoms with Crippen molar-refractivity contribution >= 4 is 42.4 Å². The quantitative estimate of drug-likeness (QED) is 0.500. The Morgan fingerprint density at radius 1 is 1.14 bits per heavy atom. The van der Waals surface area contributed by atoms with Gasteiger partial charge in [0.25, 0.3) is 0 Å². The molecule has 0 unspecified atom stereocenters. The first kappa shape index (κ1) is 21.5. The van der Waals surface area contributed by atoms with Crippen molar-refractivity contribution in [1.29, 1.82) is 0 Å². The fraction of sp³-hybridized carbons (Fsp3) is 0.333. The summed E-state index contributed by atoms with van der Waals surface area (Å²) >= 11 is 3.49. The van der Waals surface area contributed by atoms with Crippen LogP contribution >= 0.6 is 15.9 Å². The van der Waals surface area contributed by atoms with Gasteiger partial charge in [0, 0.05) is 25.2 Å². The number of nitrogens with one attached hydrogen (secondary N) is 1. The Kier molecular flexibility index (Phi) is 6.74. The minimum Gasteiger partial charge on any atom is -0.356 e. The van der Waals surface area contributed by atoms with Crippen molar-refractivity contribution in [2.45, 2.75) is 38.1 Å². The third kappa shape index (κ3) is 5.25. The molecule has 0 saturated carbocycles. The summed E-state index contributed by atoms with van der Waals surface area (Å²) in [6.07, 6.45) is 0.665. The summed E-state index contributed by atoms with van der Waals surface area (Å²) in [7, 11) is -3.51. The second-order valence-corrected chi connectivity index (χ2v) is 9.89. The molecule has 154 valence electrons. The van der Waals surface area contributed by atoms with Crippen LogP contribution in [0.5, 0.6) is 0 Å². The van der Waals surface area contributed by atoms with Gasteiger partial charge in [-0.3, -0.25) is 9.48 Å². The van der Waals surface area contributed by atoms with Gasteiger partial charge in [-0.1, -0.05) is 30.3 Å². The minimum atomic E-state index is -3.51. The summed E-state index contributed by atoms with van der Waals surface area (Å²) < 4.78 is 28.0. The molecule has 0 saturated heterocycles. The van der Waals surface area contributed by atoms with Crippen molar-refractivity contribution in [3.05, 3.63) is 58.3 Å².